The number of phenols is 1. The largest absolute Gasteiger partial charge is 0.508 e. The summed E-state index contributed by atoms with van der Waals surface area (Å²) in [6, 6.07) is 13.2. The second-order valence-corrected chi connectivity index (χ2v) is 9.01. The zero-order chi connectivity index (χ0) is 26.0. The van der Waals surface area contributed by atoms with Crippen LogP contribution in [0.3, 0.4) is 0 Å². The molecule has 0 saturated carbocycles. The van der Waals surface area contributed by atoms with Gasteiger partial charge in [-0.3, -0.25) is 14.4 Å². The highest BCUT2D eigenvalue weighted by molar-refractivity contribution is 5.93. The molecule has 0 bridgehead atoms. The zero-order valence-electron chi connectivity index (χ0n) is 21.2. The first-order chi connectivity index (χ1) is 16.7. The number of nitrogens with two attached hydrogens (primary N) is 2. The van der Waals surface area contributed by atoms with Gasteiger partial charge < -0.3 is 26.8 Å². The van der Waals surface area contributed by atoms with E-state index < -0.39 is 35.8 Å². The molecule has 0 aliphatic heterocycles. The maximum Gasteiger partial charge on any atom is 0.246 e. The van der Waals surface area contributed by atoms with E-state index in [4.69, 9.17) is 11.5 Å². The highest BCUT2D eigenvalue weighted by Crippen LogP contribution is 2.21. The lowest BCUT2D eigenvalue weighted by atomic mass is 9.94. The van der Waals surface area contributed by atoms with Crippen molar-refractivity contribution in [3.8, 4) is 5.75 Å². The van der Waals surface area contributed by atoms with Crippen molar-refractivity contribution in [1.29, 1.82) is 0 Å². The first kappa shape index (κ1) is 30.9. The van der Waals surface area contributed by atoms with E-state index in [0.29, 0.717) is 12.8 Å². The zero-order valence-corrected chi connectivity index (χ0v) is 22.0. The van der Waals surface area contributed by atoms with E-state index in [0.717, 1.165) is 17.5 Å². The van der Waals surface area contributed by atoms with Crippen molar-refractivity contribution in [2.75, 3.05) is 0 Å². The fraction of sp³-hybridized carbons (Fsp3) is 0.444. The average molecular weight is 519 g/mol. The van der Waals surface area contributed by atoms with E-state index >= 15 is 0 Å². The predicted octanol–water partition coefficient (Wildman–Crippen LogP) is 2.90. The molecule has 0 heterocycles. The molecule has 198 valence electrons. The Labute approximate surface area is 219 Å². The van der Waals surface area contributed by atoms with Crippen LogP contribution in [-0.2, 0) is 27.3 Å². The molecule has 0 saturated heterocycles. The van der Waals surface area contributed by atoms with E-state index in [1.54, 1.807) is 12.1 Å². The normalized spacial score (nSPS) is 14.0. The minimum atomic E-state index is -0.968. The molecule has 0 unspecified atom stereocenters. The lowest BCUT2D eigenvalue weighted by Gasteiger charge is -2.36. The summed E-state index contributed by atoms with van der Waals surface area (Å²) in [6.45, 7) is 5.91. The van der Waals surface area contributed by atoms with Gasteiger partial charge in [-0.25, -0.2) is 0 Å². The molecule has 9 heteroatoms. The van der Waals surface area contributed by atoms with E-state index in [-0.39, 0.29) is 37.0 Å². The first-order valence-electron chi connectivity index (χ1n) is 12.1. The maximum absolute atomic E-state index is 14.0. The van der Waals surface area contributed by atoms with Crippen LogP contribution < -0.4 is 16.8 Å². The van der Waals surface area contributed by atoms with E-state index in [1.807, 2.05) is 51.1 Å². The fourth-order valence-corrected chi connectivity index (χ4v) is 4.05. The molecule has 4 atom stereocenters. The Kier molecular flexibility index (Phi) is 13.0. The maximum atomic E-state index is 14.0. The third kappa shape index (κ3) is 8.84. The van der Waals surface area contributed by atoms with Crippen LogP contribution in [0.5, 0.6) is 5.75 Å². The quantitative estimate of drug-likeness (QED) is 0.323. The number of nitrogens with zero attached hydrogens (tertiary/aromatic N) is 1. The first-order valence-corrected chi connectivity index (χ1v) is 12.1. The number of aromatic hydroxyl groups is 1. The molecular formula is C27H39ClN4O4. The summed E-state index contributed by atoms with van der Waals surface area (Å²) in [5.74, 6) is -1.53. The number of amides is 3. The van der Waals surface area contributed by atoms with Crippen molar-refractivity contribution in [3.05, 3.63) is 65.7 Å². The molecule has 36 heavy (non-hydrogen) atoms. The minimum Gasteiger partial charge on any atom is -0.508 e. The Morgan fingerprint density at radius 1 is 1.00 bits per heavy atom. The Balaban J connectivity index is 0.00000648. The van der Waals surface area contributed by atoms with Gasteiger partial charge in [0.2, 0.25) is 17.7 Å². The fourth-order valence-electron chi connectivity index (χ4n) is 4.05. The van der Waals surface area contributed by atoms with Crippen LogP contribution in [0.1, 0.15) is 51.2 Å². The van der Waals surface area contributed by atoms with Gasteiger partial charge in [0.15, 0.2) is 0 Å². The van der Waals surface area contributed by atoms with Crippen molar-refractivity contribution in [3.63, 3.8) is 0 Å². The number of primary amides is 1. The second-order valence-electron chi connectivity index (χ2n) is 9.01. The van der Waals surface area contributed by atoms with Crippen LogP contribution in [0.15, 0.2) is 54.6 Å². The molecule has 0 fully saturated rings. The van der Waals surface area contributed by atoms with Gasteiger partial charge in [0, 0.05) is 13.0 Å². The molecule has 0 radical (unpaired) electrons. The van der Waals surface area contributed by atoms with Gasteiger partial charge in [0.05, 0.1) is 6.04 Å². The monoisotopic (exact) mass is 518 g/mol. The summed E-state index contributed by atoms with van der Waals surface area (Å²) in [5, 5.41) is 12.5. The van der Waals surface area contributed by atoms with E-state index in [9.17, 15) is 19.5 Å². The van der Waals surface area contributed by atoms with Gasteiger partial charge in [0.1, 0.15) is 17.8 Å². The number of carbonyl (C=O) groups excluding carboxylic acids is 3. The van der Waals surface area contributed by atoms with Gasteiger partial charge in [-0.15, -0.1) is 12.4 Å². The van der Waals surface area contributed by atoms with Gasteiger partial charge in [-0.05, 0) is 35.6 Å². The van der Waals surface area contributed by atoms with Crippen LogP contribution in [0.25, 0.3) is 0 Å². The minimum absolute atomic E-state index is 0. The molecule has 3 amide bonds. The Bertz CT molecular complexity index is 971. The summed E-state index contributed by atoms with van der Waals surface area (Å²) < 4.78 is 0. The molecular weight excluding hydrogens is 480 g/mol. The summed E-state index contributed by atoms with van der Waals surface area (Å²) in [4.78, 5) is 40.9. The second kappa shape index (κ2) is 15.1. The summed E-state index contributed by atoms with van der Waals surface area (Å²) in [7, 11) is 0. The number of phenolic OH excluding ortho intramolecular Hbond substituents is 1. The van der Waals surface area contributed by atoms with Gasteiger partial charge in [-0.2, -0.15) is 0 Å². The van der Waals surface area contributed by atoms with Crippen LogP contribution in [0, 0.1) is 5.92 Å². The summed E-state index contributed by atoms with van der Waals surface area (Å²) >= 11 is 0. The highest BCUT2D eigenvalue weighted by Gasteiger charge is 2.36. The van der Waals surface area contributed by atoms with Crippen molar-refractivity contribution in [1.82, 2.24) is 10.2 Å². The third-order valence-electron chi connectivity index (χ3n) is 6.22. The number of carbonyl (C=O) groups is 3. The smallest absolute Gasteiger partial charge is 0.246 e. The molecule has 0 aromatic heterocycles. The number of benzene rings is 2. The van der Waals surface area contributed by atoms with Crippen molar-refractivity contribution in [2.45, 2.75) is 71.1 Å². The lowest BCUT2D eigenvalue weighted by molar-refractivity contribution is -0.145. The topological polar surface area (TPSA) is 139 Å². The Morgan fingerprint density at radius 2 is 1.61 bits per heavy atom. The van der Waals surface area contributed by atoms with E-state index in [1.165, 1.54) is 17.0 Å². The number of halogens is 1. The van der Waals surface area contributed by atoms with E-state index in [2.05, 4.69) is 5.32 Å². The number of nitrogens with one attached hydrogen (secondary N) is 1. The molecule has 0 spiro atoms. The third-order valence-corrected chi connectivity index (χ3v) is 6.22. The van der Waals surface area contributed by atoms with Crippen LogP contribution in [-0.4, -0.2) is 45.9 Å². The Morgan fingerprint density at radius 3 is 2.14 bits per heavy atom. The van der Waals surface area contributed by atoms with Gasteiger partial charge >= 0.3 is 0 Å². The molecule has 2 aromatic rings. The highest BCUT2D eigenvalue weighted by atomic mass is 35.5. The van der Waals surface area contributed by atoms with Crippen LogP contribution in [0.2, 0.25) is 0 Å². The molecule has 2 aromatic carbocycles. The molecule has 8 nitrogen and oxygen atoms in total. The van der Waals surface area contributed by atoms with Gasteiger partial charge in [0.25, 0.3) is 0 Å². The van der Waals surface area contributed by atoms with Crippen molar-refractivity contribution in [2.24, 2.45) is 17.4 Å². The van der Waals surface area contributed by atoms with Crippen molar-refractivity contribution < 1.29 is 19.5 Å². The standard InChI is InChI=1S/C27H38N4O4.ClH/c1-4-9-22(28)26(34)30-23(16-19-12-14-21(32)15-13-19)27(35)31(17-20-10-7-6-8-11-20)24(25(29)33)18(3)5-2;/h6-8,10-15,18,22-24,32H,4-5,9,16-17,28H2,1-3H3,(H2,29,33)(H,30,34);1H/t18-,22-,23-,24-;/m0./s1. The lowest BCUT2D eigenvalue weighted by Crippen LogP contribution is -2.58. The number of hydrogen-bond acceptors (Lipinski definition) is 5. The molecule has 6 N–H and O–H groups in total. The number of hydrogen-bond donors (Lipinski definition) is 4. The molecule has 0 aliphatic rings. The average Bonchev–Trinajstić information content (AvgIpc) is 2.84. The summed E-state index contributed by atoms with van der Waals surface area (Å²) in [5.41, 5.74) is 13.4. The predicted molar refractivity (Wildman–Crippen MR) is 143 cm³/mol. The Hall–Kier alpha value is -3.10. The van der Waals surface area contributed by atoms with Crippen LogP contribution >= 0.6 is 12.4 Å². The number of rotatable bonds is 13. The molecule has 0 aliphatic carbocycles. The SMILES string of the molecule is CCC[C@H](N)C(=O)N[C@@H](Cc1ccc(O)cc1)C(=O)N(Cc1ccccc1)[C@H](C(N)=O)[C@@H](C)CC.Cl. The summed E-state index contributed by atoms with van der Waals surface area (Å²) in [6.07, 6.45) is 2.02. The van der Waals surface area contributed by atoms with Crippen LogP contribution in [0.4, 0.5) is 0 Å². The molecule has 2 rings (SSSR count). The van der Waals surface area contributed by atoms with Crippen molar-refractivity contribution >= 4 is 30.1 Å². The van der Waals surface area contributed by atoms with Gasteiger partial charge in [-0.1, -0.05) is 76.1 Å².